The van der Waals surface area contributed by atoms with Crippen molar-refractivity contribution in [2.75, 3.05) is 47.5 Å². The number of benzene rings is 1. The molecule has 8 nitrogen and oxygen atoms in total. The quantitative estimate of drug-likeness (QED) is 0.359. The van der Waals surface area contributed by atoms with Gasteiger partial charge in [0.25, 0.3) is 0 Å². The minimum Gasteiger partial charge on any atom is -0.496 e. The van der Waals surface area contributed by atoms with E-state index in [1.165, 1.54) is 0 Å². The van der Waals surface area contributed by atoms with E-state index in [1.807, 2.05) is 24.0 Å². The lowest BCUT2D eigenvalue weighted by molar-refractivity contribution is -0.127. The fourth-order valence-corrected chi connectivity index (χ4v) is 3.15. The smallest absolute Gasteiger partial charge is 0.222 e. The van der Waals surface area contributed by atoms with Crippen molar-refractivity contribution in [3.8, 4) is 17.2 Å². The van der Waals surface area contributed by atoms with Crippen LogP contribution in [0, 0.1) is 0 Å². The van der Waals surface area contributed by atoms with Gasteiger partial charge in [0.15, 0.2) is 5.96 Å². The fraction of sp³-hybridized carbons (Fsp3) is 0.600. The number of ether oxygens (including phenoxy) is 3. The molecule has 1 aliphatic heterocycles. The van der Waals surface area contributed by atoms with E-state index >= 15 is 0 Å². The van der Waals surface area contributed by atoms with Crippen LogP contribution < -0.4 is 24.8 Å². The maximum absolute atomic E-state index is 11.7. The van der Waals surface area contributed by atoms with E-state index < -0.39 is 0 Å². The Balaban J connectivity index is 1.98. The zero-order chi connectivity index (χ0) is 20.4. The standard InChI is InChI=1S/C20H32N4O4/c1-5-21-20(22-9-7-11-24-10-6-8-19(24)25)23-14-16-17(27-3)12-15(26-2)13-18(16)28-4/h12-13H,5-11,14H2,1-4H3,(H2,21,22,23). The van der Waals surface area contributed by atoms with Gasteiger partial charge in [-0.05, 0) is 19.8 Å². The summed E-state index contributed by atoms with van der Waals surface area (Å²) in [4.78, 5) is 18.3. The Bertz CT molecular complexity index is 653. The first-order valence-electron chi connectivity index (χ1n) is 9.71. The van der Waals surface area contributed by atoms with Crippen molar-refractivity contribution in [1.29, 1.82) is 0 Å². The number of nitrogens with one attached hydrogen (secondary N) is 2. The highest BCUT2D eigenvalue weighted by Gasteiger charge is 2.19. The Morgan fingerprint density at radius 2 is 1.86 bits per heavy atom. The third-order valence-corrected chi connectivity index (χ3v) is 4.63. The van der Waals surface area contributed by atoms with Crippen LogP contribution in [0.15, 0.2) is 17.1 Å². The Morgan fingerprint density at radius 3 is 2.39 bits per heavy atom. The van der Waals surface area contributed by atoms with Crippen molar-refractivity contribution < 1.29 is 19.0 Å². The average Bonchev–Trinajstić information content (AvgIpc) is 3.13. The van der Waals surface area contributed by atoms with Crippen molar-refractivity contribution in [2.45, 2.75) is 32.7 Å². The summed E-state index contributed by atoms with van der Waals surface area (Å²) < 4.78 is 16.2. The molecule has 8 heteroatoms. The molecule has 1 heterocycles. The van der Waals surface area contributed by atoms with Crippen LogP contribution in [0.5, 0.6) is 17.2 Å². The molecular weight excluding hydrogens is 360 g/mol. The summed E-state index contributed by atoms with van der Waals surface area (Å²) in [6.45, 7) is 5.58. The summed E-state index contributed by atoms with van der Waals surface area (Å²) in [7, 11) is 4.84. The predicted octanol–water partition coefficient (Wildman–Crippen LogP) is 1.78. The van der Waals surface area contributed by atoms with Gasteiger partial charge in [0.05, 0.1) is 33.4 Å². The van der Waals surface area contributed by atoms with Crippen LogP contribution in [-0.2, 0) is 11.3 Å². The van der Waals surface area contributed by atoms with E-state index in [1.54, 1.807) is 21.3 Å². The van der Waals surface area contributed by atoms with Crippen LogP contribution in [0.4, 0.5) is 0 Å². The van der Waals surface area contributed by atoms with Crippen molar-refractivity contribution in [2.24, 2.45) is 4.99 Å². The second kappa shape index (κ2) is 11.3. The molecule has 1 saturated heterocycles. The molecule has 1 amide bonds. The number of aliphatic imine (C=N–C) groups is 1. The van der Waals surface area contributed by atoms with Gasteiger partial charge in [0.1, 0.15) is 17.2 Å². The lowest BCUT2D eigenvalue weighted by Gasteiger charge is -2.17. The summed E-state index contributed by atoms with van der Waals surface area (Å²) in [6, 6.07) is 3.64. The van der Waals surface area contributed by atoms with Crippen molar-refractivity contribution in [3.63, 3.8) is 0 Å². The van der Waals surface area contributed by atoms with Crippen LogP contribution in [0.1, 0.15) is 31.7 Å². The third-order valence-electron chi connectivity index (χ3n) is 4.63. The highest BCUT2D eigenvalue weighted by molar-refractivity contribution is 5.80. The maximum Gasteiger partial charge on any atom is 0.222 e. The number of methoxy groups -OCH3 is 3. The number of rotatable bonds is 10. The summed E-state index contributed by atoms with van der Waals surface area (Å²) in [6.07, 6.45) is 2.54. The number of hydrogen-bond donors (Lipinski definition) is 2. The predicted molar refractivity (Wildman–Crippen MR) is 109 cm³/mol. The molecule has 2 rings (SSSR count). The molecule has 1 aromatic carbocycles. The van der Waals surface area contributed by atoms with Crippen LogP contribution in [0.25, 0.3) is 0 Å². The highest BCUT2D eigenvalue weighted by atomic mass is 16.5. The van der Waals surface area contributed by atoms with Crippen LogP contribution in [0.3, 0.4) is 0 Å². The minimum absolute atomic E-state index is 0.263. The molecular formula is C20H32N4O4. The van der Waals surface area contributed by atoms with Crippen LogP contribution in [0.2, 0.25) is 0 Å². The molecule has 0 aromatic heterocycles. The van der Waals surface area contributed by atoms with E-state index in [4.69, 9.17) is 14.2 Å². The van der Waals surface area contributed by atoms with Crippen molar-refractivity contribution in [1.82, 2.24) is 15.5 Å². The summed E-state index contributed by atoms with van der Waals surface area (Å²) in [5.41, 5.74) is 0.852. The molecule has 1 aromatic rings. The number of hydrogen-bond acceptors (Lipinski definition) is 5. The minimum atomic E-state index is 0.263. The molecule has 28 heavy (non-hydrogen) atoms. The van der Waals surface area contributed by atoms with Gasteiger partial charge in [0.2, 0.25) is 5.91 Å². The van der Waals surface area contributed by atoms with Gasteiger partial charge < -0.3 is 29.7 Å². The SMILES string of the molecule is CCNC(=NCc1c(OC)cc(OC)cc1OC)NCCCN1CCCC1=O. The number of carbonyl (C=O) groups excluding carboxylic acids is 1. The van der Waals surface area contributed by atoms with E-state index in [2.05, 4.69) is 15.6 Å². The first-order valence-corrected chi connectivity index (χ1v) is 9.71. The summed E-state index contributed by atoms with van der Waals surface area (Å²) in [5, 5.41) is 6.56. The van der Waals surface area contributed by atoms with Crippen LogP contribution >= 0.6 is 0 Å². The Morgan fingerprint density at radius 1 is 1.14 bits per heavy atom. The second-order valence-electron chi connectivity index (χ2n) is 6.47. The van der Waals surface area contributed by atoms with E-state index in [-0.39, 0.29) is 5.91 Å². The Kier molecular flexibility index (Phi) is 8.71. The number of carbonyl (C=O) groups is 1. The fourth-order valence-electron chi connectivity index (χ4n) is 3.15. The largest absolute Gasteiger partial charge is 0.496 e. The molecule has 1 aliphatic rings. The number of guanidine groups is 1. The first kappa shape index (κ1) is 21.7. The van der Waals surface area contributed by atoms with Gasteiger partial charge in [0, 0.05) is 44.7 Å². The van der Waals surface area contributed by atoms with Crippen molar-refractivity contribution >= 4 is 11.9 Å². The first-order chi connectivity index (χ1) is 13.6. The zero-order valence-corrected chi connectivity index (χ0v) is 17.3. The highest BCUT2D eigenvalue weighted by Crippen LogP contribution is 2.34. The Labute approximate surface area is 167 Å². The molecule has 0 atom stereocenters. The average molecular weight is 393 g/mol. The molecule has 0 radical (unpaired) electrons. The topological polar surface area (TPSA) is 84.4 Å². The van der Waals surface area contributed by atoms with E-state index in [0.29, 0.717) is 30.2 Å². The summed E-state index contributed by atoms with van der Waals surface area (Å²) in [5.74, 6) is 2.99. The van der Waals surface area contributed by atoms with Crippen LogP contribution in [-0.4, -0.2) is 64.3 Å². The molecule has 0 saturated carbocycles. The van der Waals surface area contributed by atoms with E-state index in [0.717, 1.165) is 50.5 Å². The molecule has 0 bridgehead atoms. The second-order valence-corrected chi connectivity index (χ2v) is 6.47. The normalized spacial score (nSPS) is 14.2. The van der Waals surface area contributed by atoms with Gasteiger partial charge in [-0.25, -0.2) is 4.99 Å². The number of likely N-dealkylation sites (tertiary alicyclic amines) is 1. The molecule has 0 spiro atoms. The third kappa shape index (κ3) is 5.94. The summed E-state index contributed by atoms with van der Waals surface area (Å²) >= 11 is 0. The van der Waals surface area contributed by atoms with Gasteiger partial charge in [-0.2, -0.15) is 0 Å². The monoisotopic (exact) mass is 392 g/mol. The molecule has 1 fully saturated rings. The molecule has 0 aliphatic carbocycles. The molecule has 0 unspecified atom stereocenters. The maximum atomic E-state index is 11.7. The lowest BCUT2D eigenvalue weighted by atomic mass is 10.1. The number of nitrogens with zero attached hydrogens (tertiary/aromatic N) is 2. The van der Waals surface area contributed by atoms with Gasteiger partial charge in [-0.1, -0.05) is 0 Å². The molecule has 2 N–H and O–H groups in total. The van der Waals surface area contributed by atoms with Crippen molar-refractivity contribution in [3.05, 3.63) is 17.7 Å². The van der Waals surface area contributed by atoms with E-state index in [9.17, 15) is 4.79 Å². The zero-order valence-electron chi connectivity index (χ0n) is 17.3. The van der Waals surface area contributed by atoms with Gasteiger partial charge >= 0.3 is 0 Å². The van der Waals surface area contributed by atoms with Gasteiger partial charge in [-0.3, -0.25) is 4.79 Å². The van der Waals surface area contributed by atoms with Gasteiger partial charge in [-0.15, -0.1) is 0 Å². The molecule has 156 valence electrons. The number of amides is 1. The Hall–Kier alpha value is -2.64. The lowest BCUT2D eigenvalue weighted by Crippen LogP contribution is -2.39.